The number of nitrogens with zero attached hydrogens (tertiary/aromatic N) is 1. The van der Waals surface area contributed by atoms with E-state index < -0.39 is 0 Å². The molecule has 0 radical (unpaired) electrons. The van der Waals surface area contributed by atoms with Gasteiger partial charge in [0.05, 0.1) is 19.8 Å². The van der Waals surface area contributed by atoms with E-state index in [0.29, 0.717) is 13.0 Å². The van der Waals surface area contributed by atoms with E-state index in [1.807, 2.05) is 24.3 Å². The van der Waals surface area contributed by atoms with Gasteiger partial charge in [-0.05, 0) is 54.8 Å². The fourth-order valence-electron chi connectivity index (χ4n) is 4.21. The first-order valence-electron chi connectivity index (χ1n) is 10.9. The van der Waals surface area contributed by atoms with Crippen LogP contribution in [-0.4, -0.2) is 44.3 Å². The van der Waals surface area contributed by atoms with Gasteiger partial charge in [-0.25, -0.2) is 0 Å². The fraction of sp³-hybridized carbons (Fsp3) is 0.480. The quantitative estimate of drug-likeness (QED) is 0.638. The van der Waals surface area contributed by atoms with E-state index in [1.165, 1.54) is 11.3 Å². The molecule has 0 bridgehead atoms. The Hall–Kier alpha value is -2.53. The first-order valence-corrected chi connectivity index (χ1v) is 10.9. The second kappa shape index (κ2) is 9.52. The largest absolute Gasteiger partial charge is 0.489 e. The summed E-state index contributed by atoms with van der Waals surface area (Å²) in [7, 11) is 0. The van der Waals surface area contributed by atoms with Crippen molar-refractivity contribution in [1.29, 1.82) is 0 Å². The second-order valence-electron chi connectivity index (χ2n) is 8.45. The predicted molar refractivity (Wildman–Crippen MR) is 118 cm³/mol. The number of ketones is 1. The van der Waals surface area contributed by atoms with Crippen molar-refractivity contribution in [3.8, 4) is 11.5 Å². The van der Waals surface area contributed by atoms with Crippen molar-refractivity contribution in [2.75, 3.05) is 31.2 Å². The Labute approximate surface area is 178 Å². The maximum atomic E-state index is 11.3. The summed E-state index contributed by atoms with van der Waals surface area (Å²) in [5.74, 6) is 2.26. The average Bonchev–Trinajstić information content (AvgIpc) is 3.41. The zero-order valence-corrected chi connectivity index (χ0v) is 17.9. The second-order valence-corrected chi connectivity index (χ2v) is 8.45. The molecule has 2 aliphatic rings. The summed E-state index contributed by atoms with van der Waals surface area (Å²) in [6, 6.07) is 16.5. The molecule has 30 heavy (non-hydrogen) atoms. The van der Waals surface area contributed by atoms with Gasteiger partial charge in [-0.3, -0.25) is 0 Å². The number of hydrogen-bond acceptors (Lipinski definition) is 5. The van der Waals surface area contributed by atoms with Crippen molar-refractivity contribution >= 4 is 11.5 Å². The summed E-state index contributed by atoms with van der Waals surface area (Å²) in [6.07, 6.45) is 2.90. The molecular formula is C25H31NO4. The standard InChI is InChI=1S/C25H31NO4/c1-18(15-19(2)27)20-3-7-22(8-4-20)29-24-11-13-26(16-24)21-5-9-23(10-6-21)30-25-12-14-28-17-25/h3-10,18,24-25H,11-17H2,1-2H3/t18-,24?,25+/m1/s1. The Morgan fingerprint density at radius 2 is 1.70 bits per heavy atom. The van der Waals surface area contributed by atoms with E-state index in [1.54, 1.807) is 6.92 Å². The molecule has 0 aromatic heterocycles. The lowest BCUT2D eigenvalue weighted by Gasteiger charge is -2.20. The van der Waals surface area contributed by atoms with Crippen LogP contribution in [0, 0.1) is 0 Å². The Morgan fingerprint density at radius 1 is 1.03 bits per heavy atom. The van der Waals surface area contributed by atoms with Gasteiger partial charge in [0.25, 0.3) is 0 Å². The zero-order valence-electron chi connectivity index (χ0n) is 17.9. The maximum absolute atomic E-state index is 11.3. The van der Waals surface area contributed by atoms with Crippen LogP contribution < -0.4 is 14.4 Å². The van der Waals surface area contributed by atoms with Gasteiger partial charge in [-0.1, -0.05) is 19.1 Å². The van der Waals surface area contributed by atoms with Gasteiger partial charge >= 0.3 is 0 Å². The molecule has 3 atom stereocenters. The van der Waals surface area contributed by atoms with Gasteiger partial charge in [0.1, 0.15) is 29.5 Å². The number of rotatable bonds is 8. The van der Waals surface area contributed by atoms with Gasteiger partial charge in [0.15, 0.2) is 0 Å². The minimum Gasteiger partial charge on any atom is -0.489 e. The monoisotopic (exact) mass is 409 g/mol. The zero-order chi connectivity index (χ0) is 20.9. The van der Waals surface area contributed by atoms with Crippen LogP contribution in [0.25, 0.3) is 0 Å². The highest BCUT2D eigenvalue weighted by molar-refractivity contribution is 5.76. The van der Waals surface area contributed by atoms with E-state index in [2.05, 4.69) is 36.1 Å². The molecule has 2 heterocycles. The third kappa shape index (κ3) is 5.33. The smallest absolute Gasteiger partial charge is 0.130 e. The van der Waals surface area contributed by atoms with Crippen molar-refractivity contribution in [1.82, 2.24) is 0 Å². The Bertz CT molecular complexity index is 827. The molecule has 2 saturated heterocycles. The highest BCUT2D eigenvalue weighted by atomic mass is 16.5. The lowest BCUT2D eigenvalue weighted by molar-refractivity contribution is -0.117. The molecule has 5 nitrogen and oxygen atoms in total. The normalized spacial score (nSPS) is 22.1. The van der Waals surface area contributed by atoms with Gasteiger partial charge in [-0.2, -0.15) is 0 Å². The van der Waals surface area contributed by atoms with Crippen molar-refractivity contribution in [2.24, 2.45) is 0 Å². The molecule has 0 saturated carbocycles. The van der Waals surface area contributed by atoms with Crippen LogP contribution in [0.3, 0.4) is 0 Å². The van der Waals surface area contributed by atoms with Crippen LogP contribution in [0.2, 0.25) is 0 Å². The van der Waals surface area contributed by atoms with Crippen molar-refractivity contribution in [2.45, 2.75) is 51.2 Å². The number of anilines is 1. The Morgan fingerprint density at radius 3 is 2.33 bits per heavy atom. The molecule has 0 spiro atoms. The molecule has 0 N–H and O–H groups in total. The van der Waals surface area contributed by atoms with E-state index in [9.17, 15) is 4.79 Å². The number of ether oxygens (including phenoxy) is 3. The van der Waals surface area contributed by atoms with Gasteiger partial charge < -0.3 is 23.9 Å². The summed E-state index contributed by atoms with van der Waals surface area (Å²) >= 11 is 0. The third-order valence-electron chi connectivity index (χ3n) is 5.88. The molecule has 2 fully saturated rings. The molecule has 0 amide bonds. The van der Waals surface area contributed by atoms with Crippen molar-refractivity contribution in [3.05, 3.63) is 54.1 Å². The fourth-order valence-corrected chi connectivity index (χ4v) is 4.21. The molecule has 4 rings (SSSR count). The molecule has 1 unspecified atom stereocenters. The first-order chi connectivity index (χ1) is 14.6. The molecular weight excluding hydrogens is 378 g/mol. The van der Waals surface area contributed by atoms with Crippen molar-refractivity contribution < 1.29 is 19.0 Å². The molecule has 0 aliphatic carbocycles. The van der Waals surface area contributed by atoms with Crippen LogP contribution in [0.4, 0.5) is 5.69 Å². The van der Waals surface area contributed by atoms with Gasteiger partial charge in [0, 0.05) is 31.5 Å². The lowest BCUT2D eigenvalue weighted by atomic mass is 9.96. The third-order valence-corrected chi connectivity index (χ3v) is 5.88. The lowest BCUT2D eigenvalue weighted by Crippen LogP contribution is -2.24. The molecule has 5 heteroatoms. The summed E-state index contributed by atoms with van der Waals surface area (Å²) in [4.78, 5) is 13.7. The Balaban J connectivity index is 1.28. The average molecular weight is 410 g/mol. The summed E-state index contributed by atoms with van der Waals surface area (Å²) < 4.78 is 17.5. The van der Waals surface area contributed by atoms with Gasteiger partial charge in [0.2, 0.25) is 0 Å². The topological polar surface area (TPSA) is 48.0 Å². The minimum atomic E-state index is 0.178. The Kier molecular flexibility index (Phi) is 6.58. The van der Waals surface area contributed by atoms with Crippen LogP contribution in [0.1, 0.15) is 44.6 Å². The first kappa shape index (κ1) is 20.7. The van der Waals surface area contributed by atoms with Crippen LogP contribution >= 0.6 is 0 Å². The highest BCUT2D eigenvalue weighted by Gasteiger charge is 2.24. The summed E-state index contributed by atoms with van der Waals surface area (Å²) in [5, 5.41) is 0. The molecule has 160 valence electrons. The molecule has 2 aromatic carbocycles. The summed E-state index contributed by atoms with van der Waals surface area (Å²) in [5.41, 5.74) is 2.38. The number of benzene rings is 2. The number of Topliss-reactive ketones (excluding diaryl/α,β-unsaturated/α-hetero) is 1. The van der Waals surface area contributed by atoms with E-state index in [-0.39, 0.29) is 23.9 Å². The minimum absolute atomic E-state index is 0.178. The maximum Gasteiger partial charge on any atom is 0.130 e. The predicted octanol–water partition coefficient (Wildman–Crippen LogP) is 4.59. The van der Waals surface area contributed by atoms with E-state index in [0.717, 1.165) is 44.0 Å². The highest BCUT2D eigenvalue weighted by Crippen LogP contribution is 2.28. The molecule has 2 aromatic rings. The van der Waals surface area contributed by atoms with E-state index in [4.69, 9.17) is 14.2 Å². The van der Waals surface area contributed by atoms with Crippen LogP contribution in [-0.2, 0) is 9.53 Å². The number of carbonyl (C=O) groups excluding carboxylic acids is 1. The number of carbonyl (C=O) groups is 1. The van der Waals surface area contributed by atoms with Crippen LogP contribution in [0.15, 0.2) is 48.5 Å². The SMILES string of the molecule is CC(=O)C[C@@H](C)c1ccc(OC2CCN(c3ccc(O[C@H]4CCOC4)cc3)C2)cc1. The van der Waals surface area contributed by atoms with E-state index >= 15 is 0 Å². The molecule has 2 aliphatic heterocycles. The number of hydrogen-bond donors (Lipinski definition) is 0. The van der Waals surface area contributed by atoms with Crippen LogP contribution in [0.5, 0.6) is 11.5 Å². The van der Waals surface area contributed by atoms with Gasteiger partial charge in [-0.15, -0.1) is 0 Å². The summed E-state index contributed by atoms with van der Waals surface area (Å²) in [6.45, 7) is 7.06. The van der Waals surface area contributed by atoms with Crippen molar-refractivity contribution in [3.63, 3.8) is 0 Å².